The third kappa shape index (κ3) is 3.20. The van der Waals surface area contributed by atoms with Gasteiger partial charge in [-0.2, -0.15) is 0 Å². The third-order valence-electron chi connectivity index (χ3n) is 3.07. The van der Waals surface area contributed by atoms with Crippen LogP contribution in [-0.2, 0) is 9.53 Å². The Morgan fingerprint density at radius 3 is 3.00 bits per heavy atom. The standard InChI is InChI=1S/C13H15ClO3/c14-10-4-1-3-9(7-10)12(13(15)16)8-11-5-2-6-17-11/h1,3-4,7,11-12H,2,5-6,8H2,(H,15,16). The van der Waals surface area contributed by atoms with E-state index in [0.717, 1.165) is 25.0 Å². The maximum absolute atomic E-state index is 11.3. The molecule has 1 fully saturated rings. The molecule has 0 saturated carbocycles. The van der Waals surface area contributed by atoms with E-state index in [1.54, 1.807) is 24.3 Å². The lowest BCUT2D eigenvalue weighted by Gasteiger charge is -2.17. The van der Waals surface area contributed by atoms with E-state index in [0.29, 0.717) is 11.4 Å². The second-order valence-electron chi connectivity index (χ2n) is 4.32. The molecule has 17 heavy (non-hydrogen) atoms. The minimum Gasteiger partial charge on any atom is -0.481 e. The predicted octanol–water partition coefficient (Wildman–Crippen LogP) is 3.08. The topological polar surface area (TPSA) is 46.5 Å². The minimum absolute atomic E-state index is 0.0649. The normalized spacial score (nSPS) is 21.4. The van der Waals surface area contributed by atoms with Crippen LogP contribution < -0.4 is 0 Å². The van der Waals surface area contributed by atoms with E-state index in [9.17, 15) is 9.90 Å². The van der Waals surface area contributed by atoms with Gasteiger partial charge < -0.3 is 9.84 Å². The number of halogens is 1. The molecule has 0 spiro atoms. The fourth-order valence-corrected chi connectivity index (χ4v) is 2.39. The molecule has 1 aromatic carbocycles. The maximum Gasteiger partial charge on any atom is 0.311 e. The number of carbonyl (C=O) groups is 1. The Kier molecular flexibility index (Phi) is 4.02. The molecule has 3 nitrogen and oxygen atoms in total. The zero-order valence-corrected chi connectivity index (χ0v) is 10.2. The Bertz CT molecular complexity index is 399. The summed E-state index contributed by atoms with van der Waals surface area (Å²) in [6.07, 6.45) is 2.56. The molecule has 0 radical (unpaired) electrons. The molecule has 0 amide bonds. The first-order valence-corrected chi connectivity index (χ1v) is 6.14. The highest BCUT2D eigenvalue weighted by molar-refractivity contribution is 6.30. The van der Waals surface area contributed by atoms with Crippen molar-refractivity contribution < 1.29 is 14.6 Å². The SMILES string of the molecule is O=C(O)C(CC1CCCO1)c1cccc(Cl)c1. The molecule has 1 N–H and O–H groups in total. The van der Waals surface area contributed by atoms with Crippen LogP contribution in [0.15, 0.2) is 24.3 Å². The van der Waals surface area contributed by atoms with Crippen molar-refractivity contribution >= 4 is 17.6 Å². The molecule has 4 heteroatoms. The summed E-state index contributed by atoms with van der Waals surface area (Å²) in [6, 6.07) is 7.05. The highest BCUT2D eigenvalue weighted by atomic mass is 35.5. The number of aliphatic carboxylic acids is 1. The van der Waals surface area contributed by atoms with Crippen molar-refractivity contribution in [3.8, 4) is 0 Å². The summed E-state index contributed by atoms with van der Waals surface area (Å²) in [4.78, 5) is 11.3. The van der Waals surface area contributed by atoms with Crippen molar-refractivity contribution in [1.29, 1.82) is 0 Å². The smallest absolute Gasteiger partial charge is 0.311 e. The van der Waals surface area contributed by atoms with Gasteiger partial charge in [0.2, 0.25) is 0 Å². The number of hydrogen-bond donors (Lipinski definition) is 1. The highest BCUT2D eigenvalue weighted by Gasteiger charge is 2.26. The van der Waals surface area contributed by atoms with Crippen LogP contribution in [0.3, 0.4) is 0 Å². The van der Waals surface area contributed by atoms with E-state index < -0.39 is 11.9 Å². The van der Waals surface area contributed by atoms with Gasteiger partial charge in [-0.05, 0) is 37.0 Å². The molecule has 1 aromatic rings. The van der Waals surface area contributed by atoms with E-state index in [4.69, 9.17) is 16.3 Å². The molecule has 1 aliphatic heterocycles. The quantitative estimate of drug-likeness (QED) is 0.898. The van der Waals surface area contributed by atoms with Gasteiger partial charge in [0, 0.05) is 11.6 Å². The van der Waals surface area contributed by atoms with Crippen LogP contribution in [-0.4, -0.2) is 23.8 Å². The molecule has 0 aromatic heterocycles. The molecule has 2 atom stereocenters. The van der Waals surface area contributed by atoms with Crippen molar-refractivity contribution in [3.05, 3.63) is 34.9 Å². The maximum atomic E-state index is 11.3. The van der Waals surface area contributed by atoms with Crippen LogP contribution >= 0.6 is 11.6 Å². The molecule has 2 rings (SSSR count). The molecule has 1 heterocycles. The minimum atomic E-state index is -0.817. The molecular formula is C13H15ClO3. The number of hydrogen-bond acceptors (Lipinski definition) is 2. The molecule has 2 unspecified atom stereocenters. The summed E-state index contributed by atoms with van der Waals surface area (Å²) in [5.41, 5.74) is 0.750. The lowest BCUT2D eigenvalue weighted by Crippen LogP contribution is -2.18. The molecular weight excluding hydrogens is 240 g/mol. The Morgan fingerprint density at radius 1 is 1.59 bits per heavy atom. The second-order valence-corrected chi connectivity index (χ2v) is 4.75. The van der Waals surface area contributed by atoms with Crippen LogP contribution in [0.25, 0.3) is 0 Å². The Morgan fingerprint density at radius 2 is 2.41 bits per heavy atom. The van der Waals surface area contributed by atoms with Gasteiger partial charge >= 0.3 is 5.97 Å². The van der Waals surface area contributed by atoms with Crippen LogP contribution in [0.5, 0.6) is 0 Å². The highest BCUT2D eigenvalue weighted by Crippen LogP contribution is 2.28. The van der Waals surface area contributed by atoms with Gasteiger partial charge in [0.05, 0.1) is 12.0 Å². The first-order valence-electron chi connectivity index (χ1n) is 5.76. The van der Waals surface area contributed by atoms with Gasteiger partial charge in [-0.15, -0.1) is 0 Å². The summed E-state index contributed by atoms with van der Waals surface area (Å²) in [7, 11) is 0. The van der Waals surface area contributed by atoms with Gasteiger partial charge in [-0.3, -0.25) is 4.79 Å². The van der Waals surface area contributed by atoms with E-state index >= 15 is 0 Å². The van der Waals surface area contributed by atoms with E-state index in [-0.39, 0.29) is 6.10 Å². The van der Waals surface area contributed by atoms with Gasteiger partial charge in [0.15, 0.2) is 0 Å². The fourth-order valence-electron chi connectivity index (χ4n) is 2.20. The van der Waals surface area contributed by atoms with Gasteiger partial charge in [0.1, 0.15) is 0 Å². The van der Waals surface area contributed by atoms with Crippen LogP contribution in [0.4, 0.5) is 0 Å². The van der Waals surface area contributed by atoms with Crippen molar-refractivity contribution in [2.24, 2.45) is 0 Å². The van der Waals surface area contributed by atoms with Crippen molar-refractivity contribution in [2.45, 2.75) is 31.3 Å². The Labute approximate surface area is 105 Å². The number of carboxylic acids is 1. The van der Waals surface area contributed by atoms with E-state index in [1.807, 2.05) is 0 Å². The lowest BCUT2D eigenvalue weighted by atomic mass is 9.92. The second kappa shape index (κ2) is 5.52. The van der Waals surface area contributed by atoms with Gasteiger partial charge in [-0.25, -0.2) is 0 Å². The summed E-state index contributed by atoms with van der Waals surface area (Å²) in [5.74, 6) is -1.35. The zero-order chi connectivity index (χ0) is 12.3. The van der Waals surface area contributed by atoms with Gasteiger partial charge in [0.25, 0.3) is 0 Å². The van der Waals surface area contributed by atoms with E-state index in [2.05, 4.69) is 0 Å². The average molecular weight is 255 g/mol. The summed E-state index contributed by atoms with van der Waals surface area (Å²) < 4.78 is 5.49. The molecule has 1 saturated heterocycles. The average Bonchev–Trinajstić information content (AvgIpc) is 2.78. The van der Waals surface area contributed by atoms with Crippen molar-refractivity contribution in [3.63, 3.8) is 0 Å². The molecule has 0 aliphatic carbocycles. The van der Waals surface area contributed by atoms with Crippen molar-refractivity contribution in [2.75, 3.05) is 6.61 Å². The first kappa shape index (κ1) is 12.4. The number of ether oxygens (including phenoxy) is 1. The molecule has 0 bridgehead atoms. The monoisotopic (exact) mass is 254 g/mol. The third-order valence-corrected chi connectivity index (χ3v) is 3.31. The van der Waals surface area contributed by atoms with Crippen LogP contribution in [0, 0.1) is 0 Å². The zero-order valence-electron chi connectivity index (χ0n) is 9.43. The van der Waals surface area contributed by atoms with E-state index in [1.165, 1.54) is 0 Å². The van der Waals surface area contributed by atoms with Crippen molar-refractivity contribution in [1.82, 2.24) is 0 Å². The summed E-state index contributed by atoms with van der Waals surface area (Å²) >= 11 is 5.89. The summed E-state index contributed by atoms with van der Waals surface area (Å²) in [5, 5.41) is 9.85. The first-order chi connectivity index (χ1) is 8.16. The molecule has 1 aliphatic rings. The number of benzene rings is 1. The predicted molar refractivity (Wildman–Crippen MR) is 65.4 cm³/mol. The largest absolute Gasteiger partial charge is 0.481 e. The van der Waals surface area contributed by atoms with Gasteiger partial charge in [-0.1, -0.05) is 23.7 Å². The Hall–Kier alpha value is -1.06. The number of carboxylic acid groups (broad SMARTS) is 1. The van der Waals surface area contributed by atoms with Crippen LogP contribution in [0.1, 0.15) is 30.7 Å². The molecule has 92 valence electrons. The van der Waals surface area contributed by atoms with Crippen LogP contribution in [0.2, 0.25) is 5.02 Å². The fraction of sp³-hybridized carbons (Fsp3) is 0.462. The number of rotatable bonds is 4. The summed E-state index contributed by atoms with van der Waals surface area (Å²) in [6.45, 7) is 0.743. The Balaban J connectivity index is 2.13. The lowest BCUT2D eigenvalue weighted by molar-refractivity contribution is -0.139.